The van der Waals surface area contributed by atoms with Crippen molar-refractivity contribution in [1.82, 2.24) is 15.2 Å². The van der Waals surface area contributed by atoms with Crippen LogP contribution in [0.4, 0.5) is 15.3 Å². The van der Waals surface area contributed by atoms with E-state index in [4.69, 9.17) is 4.74 Å². The fraction of sp³-hybridized carbons (Fsp3) is 0.533. The molecule has 1 heterocycles. The summed E-state index contributed by atoms with van der Waals surface area (Å²) in [5, 5.41) is 5.34. The maximum Gasteiger partial charge on any atom is 0.410 e. The van der Waals surface area contributed by atoms with E-state index in [9.17, 15) is 9.59 Å². The summed E-state index contributed by atoms with van der Waals surface area (Å²) in [7, 11) is 0. The normalized spacial score (nSPS) is 10.7. The summed E-state index contributed by atoms with van der Waals surface area (Å²) in [5.41, 5.74) is 0.0785. The second kappa shape index (κ2) is 8.21. The number of anilines is 1. The summed E-state index contributed by atoms with van der Waals surface area (Å²) in [5.74, 6) is 0. The average molecular weight is 308 g/mol. The van der Waals surface area contributed by atoms with Crippen LogP contribution in [0.25, 0.3) is 0 Å². The van der Waals surface area contributed by atoms with Crippen LogP contribution >= 0.6 is 0 Å². The Morgan fingerprint density at radius 1 is 1.36 bits per heavy atom. The van der Waals surface area contributed by atoms with Crippen LogP contribution in [-0.2, 0) is 4.74 Å². The predicted molar refractivity (Wildman–Crippen MR) is 84.7 cm³/mol. The molecule has 2 N–H and O–H groups in total. The zero-order valence-corrected chi connectivity index (χ0v) is 13.5. The number of likely N-dealkylation sites (N-methyl/N-ethyl adjacent to an activating group) is 1. The Morgan fingerprint density at radius 2 is 2.09 bits per heavy atom. The van der Waals surface area contributed by atoms with Crippen LogP contribution in [0.3, 0.4) is 0 Å². The average Bonchev–Trinajstić information content (AvgIpc) is 2.42. The minimum Gasteiger partial charge on any atom is -0.444 e. The standard InChI is InChI=1S/C15H24N4O3/c1-5-19(14(21)22-15(2,3)4)10-9-17-13(20)18-12-7-6-8-16-11-12/h6-8,11H,5,9-10H2,1-4H3,(H2,17,18,20). The van der Waals surface area contributed by atoms with Gasteiger partial charge >= 0.3 is 12.1 Å². The van der Waals surface area contributed by atoms with E-state index in [1.165, 1.54) is 4.90 Å². The SMILES string of the molecule is CCN(CCNC(=O)Nc1cccnc1)C(=O)OC(C)(C)C. The zero-order chi connectivity index (χ0) is 16.6. The molecule has 1 aromatic rings. The van der Waals surface area contributed by atoms with Crippen molar-refractivity contribution in [1.29, 1.82) is 0 Å². The van der Waals surface area contributed by atoms with E-state index in [-0.39, 0.29) is 12.1 Å². The summed E-state index contributed by atoms with van der Waals surface area (Å²) in [6.45, 7) is 8.54. The van der Waals surface area contributed by atoms with Crippen LogP contribution in [0.15, 0.2) is 24.5 Å². The molecule has 1 rings (SSSR count). The molecule has 0 aliphatic rings. The van der Waals surface area contributed by atoms with Crippen LogP contribution in [0.5, 0.6) is 0 Å². The summed E-state index contributed by atoms with van der Waals surface area (Å²) in [6, 6.07) is 3.14. The number of hydrogen-bond acceptors (Lipinski definition) is 4. The van der Waals surface area contributed by atoms with Crippen LogP contribution in [-0.4, -0.2) is 47.2 Å². The molecule has 0 aromatic carbocycles. The fourth-order valence-corrected chi connectivity index (χ4v) is 1.62. The van der Waals surface area contributed by atoms with Gasteiger partial charge in [-0.1, -0.05) is 0 Å². The molecule has 122 valence electrons. The Kier molecular flexibility index (Phi) is 6.62. The Balaban J connectivity index is 2.35. The second-order valence-electron chi connectivity index (χ2n) is 5.68. The molecule has 0 saturated heterocycles. The molecule has 0 saturated carbocycles. The Labute approximate surface area is 131 Å². The lowest BCUT2D eigenvalue weighted by Crippen LogP contribution is -2.42. The number of carbonyl (C=O) groups is 2. The number of amides is 3. The number of carbonyl (C=O) groups excluding carboxylic acids is 2. The second-order valence-corrected chi connectivity index (χ2v) is 5.68. The molecule has 0 aliphatic heterocycles. The van der Waals surface area contributed by atoms with Crippen LogP contribution in [0.2, 0.25) is 0 Å². The van der Waals surface area contributed by atoms with Crippen LogP contribution < -0.4 is 10.6 Å². The van der Waals surface area contributed by atoms with Crippen LogP contribution in [0, 0.1) is 0 Å². The molecule has 0 unspecified atom stereocenters. The molecular weight excluding hydrogens is 284 g/mol. The highest BCUT2D eigenvalue weighted by Crippen LogP contribution is 2.09. The largest absolute Gasteiger partial charge is 0.444 e. The fourth-order valence-electron chi connectivity index (χ4n) is 1.62. The van der Waals surface area contributed by atoms with Gasteiger partial charge in [-0.05, 0) is 39.8 Å². The maximum atomic E-state index is 11.9. The van der Waals surface area contributed by atoms with Crippen molar-refractivity contribution in [3.8, 4) is 0 Å². The minimum atomic E-state index is -0.532. The number of hydrogen-bond donors (Lipinski definition) is 2. The molecule has 7 nitrogen and oxygen atoms in total. The van der Waals surface area contributed by atoms with Gasteiger partial charge in [-0.15, -0.1) is 0 Å². The third-order valence-corrected chi connectivity index (χ3v) is 2.62. The lowest BCUT2D eigenvalue weighted by molar-refractivity contribution is 0.0263. The minimum absolute atomic E-state index is 0.333. The first-order valence-corrected chi connectivity index (χ1v) is 7.24. The smallest absolute Gasteiger partial charge is 0.410 e. The van der Waals surface area contributed by atoms with Gasteiger partial charge < -0.3 is 20.3 Å². The van der Waals surface area contributed by atoms with Gasteiger partial charge in [0.2, 0.25) is 0 Å². The van der Waals surface area contributed by atoms with Gasteiger partial charge in [-0.25, -0.2) is 9.59 Å². The van der Waals surface area contributed by atoms with E-state index in [1.54, 1.807) is 24.5 Å². The lowest BCUT2D eigenvalue weighted by Gasteiger charge is -2.26. The molecule has 0 atom stereocenters. The summed E-state index contributed by atoms with van der Waals surface area (Å²) in [4.78, 5) is 29.1. The van der Waals surface area contributed by atoms with Gasteiger partial charge in [0.25, 0.3) is 0 Å². The summed E-state index contributed by atoms with van der Waals surface area (Å²) < 4.78 is 5.29. The number of rotatable bonds is 5. The molecule has 22 heavy (non-hydrogen) atoms. The highest BCUT2D eigenvalue weighted by Gasteiger charge is 2.20. The highest BCUT2D eigenvalue weighted by atomic mass is 16.6. The quantitative estimate of drug-likeness (QED) is 0.875. The van der Waals surface area contributed by atoms with E-state index in [0.29, 0.717) is 25.3 Å². The Bertz CT molecular complexity index is 485. The molecule has 0 spiro atoms. The van der Waals surface area contributed by atoms with Gasteiger partial charge in [0.15, 0.2) is 0 Å². The molecule has 0 bridgehead atoms. The first-order valence-electron chi connectivity index (χ1n) is 7.24. The third kappa shape index (κ3) is 6.92. The zero-order valence-electron chi connectivity index (χ0n) is 13.5. The van der Waals surface area contributed by atoms with Crippen molar-refractivity contribution in [3.05, 3.63) is 24.5 Å². The monoisotopic (exact) mass is 308 g/mol. The van der Waals surface area contributed by atoms with Crippen LogP contribution in [0.1, 0.15) is 27.7 Å². The summed E-state index contributed by atoms with van der Waals surface area (Å²) in [6.07, 6.45) is 2.80. The number of nitrogens with zero attached hydrogens (tertiary/aromatic N) is 2. The van der Waals surface area contributed by atoms with E-state index >= 15 is 0 Å². The number of aromatic nitrogens is 1. The number of pyridine rings is 1. The Hall–Kier alpha value is -2.31. The number of nitrogens with one attached hydrogen (secondary N) is 2. The molecule has 0 fully saturated rings. The van der Waals surface area contributed by atoms with Crippen molar-refractivity contribution in [2.24, 2.45) is 0 Å². The molecule has 7 heteroatoms. The van der Waals surface area contributed by atoms with Crippen molar-refractivity contribution in [2.75, 3.05) is 25.0 Å². The van der Waals surface area contributed by atoms with E-state index in [2.05, 4.69) is 15.6 Å². The third-order valence-electron chi connectivity index (χ3n) is 2.62. The van der Waals surface area contributed by atoms with Gasteiger partial charge in [-0.2, -0.15) is 0 Å². The molecular formula is C15H24N4O3. The van der Waals surface area contributed by atoms with Crippen molar-refractivity contribution < 1.29 is 14.3 Å². The van der Waals surface area contributed by atoms with Gasteiger partial charge in [0.1, 0.15) is 5.60 Å². The van der Waals surface area contributed by atoms with Gasteiger partial charge in [0, 0.05) is 25.8 Å². The van der Waals surface area contributed by atoms with E-state index in [0.717, 1.165) is 0 Å². The van der Waals surface area contributed by atoms with Crippen molar-refractivity contribution in [3.63, 3.8) is 0 Å². The number of urea groups is 1. The topological polar surface area (TPSA) is 83.6 Å². The number of ether oxygens (including phenoxy) is 1. The first-order chi connectivity index (χ1) is 10.3. The molecule has 1 aromatic heterocycles. The van der Waals surface area contributed by atoms with E-state index < -0.39 is 5.60 Å². The van der Waals surface area contributed by atoms with Gasteiger partial charge in [0.05, 0.1) is 11.9 Å². The van der Waals surface area contributed by atoms with Crippen molar-refractivity contribution >= 4 is 17.8 Å². The first kappa shape index (κ1) is 17.7. The molecule has 0 aliphatic carbocycles. The molecule has 3 amide bonds. The summed E-state index contributed by atoms with van der Waals surface area (Å²) >= 11 is 0. The van der Waals surface area contributed by atoms with E-state index in [1.807, 2.05) is 27.7 Å². The molecule has 0 radical (unpaired) electrons. The van der Waals surface area contributed by atoms with Gasteiger partial charge in [-0.3, -0.25) is 4.98 Å². The predicted octanol–water partition coefficient (Wildman–Crippen LogP) is 2.46. The maximum absolute atomic E-state index is 11.9. The highest BCUT2D eigenvalue weighted by molar-refractivity contribution is 5.88. The van der Waals surface area contributed by atoms with Crippen molar-refractivity contribution in [2.45, 2.75) is 33.3 Å². The Morgan fingerprint density at radius 3 is 2.64 bits per heavy atom. The lowest BCUT2D eigenvalue weighted by atomic mass is 10.2.